The van der Waals surface area contributed by atoms with Crippen molar-refractivity contribution in [3.8, 4) is 0 Å². The number of hydrogen-bond acceptors (Lipinski definition) is 7. The molecule has 0 aliphatic carbocycles. The number of imidazole rings is 1. The second-order valence-corrected chi connectivity index (χ2v) is 7.68. The first-order valence-corrected chi connectivity index (χ1v) is 10.6. The molecule has 0 amide bonds. The third-order valence-electron chi connectivity index (χ3n) is 4.94. The van der Waals surface area contributed by atoms with Crippen molar-refractivity contribution >= 4 is 11.8 Å². The normalized spacial score (nSPS) is 12.3. The molecule has 0 aliphatic heterocycles. The predicted octanol–water partition coefficient (Wildman–Crippen LogP) is 2.60. The van der Waals surface area contributed by atoms with Gasteiger partial charge in [-0.2, -0.15) is 5.10 Å². The number of benzene rings is 2. The summed E-state index contributed by atoms with van der Waals surface area (Å²) in [7, 11) is 0. The van der Waals surface area contributed by atoms with E-state index in [-0.39, 0.29) is 29.4 Å². The van der Waals surface area contributed by atoms with E-state index in [0.29, 0.717) is 24.5 Å². The minimum absolute atomic E-state index is 0.0588. The summed E-state index contributed by atoms with van der Waals surface area (Å²) in [5.41, 5.74) is 14.2. The van der Waals surface area contributed by atoms with Crippen LogP contribution in [0.5, 0.6) is 0 Å². The average Bonchev–Trinajstić information content (AvgIpc) is 3.52. The van der Waals surface area contributed by atoms with Gasteiger partial charge >= 0.3 is 5.97 Å². The average molecular weight is 462 g/mol. The first kappa shape index (κ1) is 24.5. The number of carbonyl (C=O) groups excluding carboxylic acids is 1. The number of nitrogens with two attached hydrogens (primary N) is 2. The smallest absolute Gasteiger partial charge is 0.353 e. The Morgan fingerprint density at radius 2 is 1.44 bits per heavy atom. The van der Waals surface area contributed by atoms with E-state index < -0.39 is 5.97 Å². The number of carboxylic acid groups (broad SMARTS) is 1. The molecule has 7 N–H and O–H groups in total. The largest absolute Gasteiger partial charge is 0.477 e. The van der Waals surface area contributed by atoms with Crippen LogP contribution >= 0.6 is 0 Å². The molecule has 34 heavy (non-hydrogen) atoms. The number of nitrogens with one attached hydrogen (secondary N) is 2. The molecule has 0 fully saturated rings. The van der Waals surface area contributed by atoms with Gasteiger partial charge in [-0.25, -0.2) is 14.8 Å². The van der Waals surface area contributed by atoms with Crippen LogP contribution in [0.2, 0.25) is 0 Å². The standard InChI is InChI=1S/C12H14N4O.C12H13N3O2/c1-8(17)11-14-12(16-15-11)10(13)7-9-5-3-2-4-6-9;13-9(6-8-4-2-1-3-5-8)11-14-7-10(15-11)12(16)17/h2-6,10H,7,13H2,1H3,(H,14,15,16);1-5,7,9H,6,13H2,(H,14,15)(H,16,17)/t10-;9-/m00/s1. The molecule has 0 saturated carbocycles. The van der Waals surface area contributed by atoms with E-state index in [4.69, 9.17) is 16.6 Å². The summed E-state index contributed by atoms with van der Waals surface area (Å²) in [5.74, 6) is 0.0175. The first-order chi connectivity index (χ1) is 16.3. The van der Waals surface area contributed by atoms with Crippen LogP contribution in [0.1, 0.15) is 62.9 Å². The molecule has 2 aromatic heterocycles. The number of ketones is 1. The fourth-order valence-corrected chi connectivity index (χ4v) is 3.16. The van der Waals surface area contributed by atoms with Crippen LogP contribution in [-0.4, -0.2) is 42.0 Å². The fourth-order valence-electron chi connectivity index (χ4n) is 3.16. The van der Waals surface area contributed by atoms with Gasteiger partial charge in [-0.3, -0.25) is 9.89 Å². The lowest BCUT2D eigenvalue weighted by Crippen LogP contribution is -2.15. The Morgan fingerprint density at radius 3 is 1.88 bits per heavy atom. The minimum atomic E-state index is -1.03. The maximum Gasteiger partial charge on any atom is 0.353 e. The summed E-state index contributed by atoms with van der Waals surface area (Å²) in [6.45, 7) is 1.43. The van der Waals surface area contributed by atoms with Gasteiger partial charge in [0, 0.05) is 6.92 Å². The molecule has 0 spiro atoms. The van der Waals surface area contributed by atoms with Crippen LogP contribution in [-0.2, 0) is 12.8 Å². The lowest BCUT2D eigenvalue weighted by Gasteiger charge is -2.08. The van der Waals surface area contributed by atoms with Gasteiger partial charge in [0.05, 0.1) is 18.3 Å². The molecule has 10 heteroatoms. The minimum Gasteiger partial charge on any atom is -0.477 e. The van der Waals surface area contributed by atoms with Crippen molar-refractivity contribution < 1.29 is 14.7 Å². The van der Waals surface area contributed by atoms with E-state index in [9.17, 15) is 9.59 Å². The molecule has 4 rings (SSSR count). The van der Waals surface area contributed by atoms with Gasteiger partial charge in [0.25, 0.3) is 0 Å². The van der Waals surface area contributed by atoms with Crippen LogP contribution < -0.4 is 11.5 Å². The molecule has 2 atom stereocenters. The molecule has 0 unspecified atom stereocenters. The highest BCUT2D eigenvalue weighted by atomic mass is 16.4. The number of nitrogens with zero attached hydrogens (tertiary/aromatic N) is 3. The number of carbonyl (C=O) groups is 2. The Bertz CT molecular complexity index is 1110. The fraction of sp³-hybridized carbons (Fsp3) is 0.208. The van der Waals surface area contributed by atoms with E-state index in [1.54, 1.807) is 0 Å². The van der Waals surface area contributed by atoms with Crippen LogP contribution in [0, 0.1) is 0 Å². The molecule has 0 aliphatic rings. The highest BCUT2D eigenvalue weighted by molar-refractivity contribution is 5.90. The Balaban J connectivity index is 0.000000191. The van der Waals surface area contributed by atoms with E-state index in [1.165, 1.54) is 13.1 Å². The molecule has 4 aromatic rings. The number of Topliss-reactive ketones (excluding diaryl/α,β-unsaturated/α-hetero) is 1. The van der Waals surface area contributed by atoms with Crippen LogP contribution in [0.15, 0.2) is 66.9 Å². The maximum absolute atomic E-state index is 11.1. The van der Waals surface area contributed by atoms with Crippen molar-refractivity contribution in [2.45, 2.75) is 31.8 Å². The number of H-pyrrole nitrogens is 2. The second kappa shape index (κ2) is 11.6. The molecule has 0 radical (unpaired) electrons. The topological polar surface area (TPSA) is 177 Å². The molecule has 0 bridgehead atoms. The quantitative estimate of drug-likeness (QED) is 0.249. The van der Waals surface area contributed by atoms with E-state index in [2.05, 4.69) is 25.1 Å². The molecule has 2 heterocycles. The number of aromatic amines is 2. The van der Waals surface area contributed by atoms with Crippen molar-refractivity contribution in [1.29, 1.82) is 0 Å². The third kappa shape index (κ3) is 6.92. The lowest BCUT2D eigenvalue weighted by atomic mass is 10.1. The monoisotopic (exact) mass is 461 g/mol. The first-order valence-electron chi connectivity index (χ1n) is 10.6. The van der Waals surface area contributed by atoms with Gasteiger partial charge in [-0.05, 0) is 24.0 Å². The summed E-state index contributed by atoms with van der Waals surface area (Å²) < 4.78 is 0. The Morgan fingerprint density at radius 1 is 0.912 bits per heavy atom. The number of rotatable bonds is 8. The molecule has 176 valence electrons. The van der Waals surface area contributed by atoms with Gasteiger partial charge in [0.1, 0.15) is 17.3 Å². The van der Waals surface area contributed by atoms with Gasteiger partial charge in [-0.15, -0.1) is 0 Å². The summed E-state index contributed by atoms with van der Waals surface area (Å²) in [6, 6.07) is 19.0. The second-order valence-electron chi connectivity index (χ2n) is 7.68. The summed E-state index contributed by atoms with van der Waals surface area (Å²) >= 11 is 0. The van der Waals surface area contributed by atoms with Crippen molar-refractivity contribution in [1.82, 2.24) is 25.1 Å². The van der Waals surface area contributed by atoms with Gasteiger partial charge in [-0.1, -0.05) is 60.7 Å². The van der Waals surface area contributed by atoms with Crippen LogP contribution in [0.3, 0.4) is 0 Å². The molecule has 10 nitrogen and oxygen atoms in total. The zero-order valence-electron chi connectivity index (χ0n) is 18.7. The molecular formula is C24H27N7O3. The van der Waals surface area contributed by atoms with E-state index in [0.717, 1.165) is 11.1 Å². The SMILES string of the molecule is CC(=O)c1n[nH]c([C@@H](N)Cc2ccccc2)n1.N[C@@H](Cc1ccccc1)c1ncc(C(=O)O)[nH]1. The van der Waals surface area contributed by atoms with Gasteiger partial charge < -0.3 is 21.6 Å². The highest BCUT2D eigenvalue weighted by Crippen LogP contribution is 2.14. The van der Waals surface area contributed by atoms with Crippen molar-refractivity contribution in [3.63, 3.8) is 0 Å². The summed E-state index contributed by atoms with van der Waals surface area (Å²) in [6.07, 6.45) is 2.56. The maximum atomic E-state index is 11.1. The molecule has 0 saturated heterocycles. The van der Waals surface area contributed by atoms with Gasteiger partial charge in [0.15, 0.2) is 5.78 Å². The number of carboxylic acids is 1. The molecule has 2 aromatic carbocycles. The van der Waals surface area contributed by atoms with Gasteiger partial charge in [0.2, 0.25) is 5.82 Å². The Hall–Kier alpha value is -4.15. The summed E-state index contributed by atoms with van der Waals surface area (Å²) in [4.78, 5) is 32.5. The van der Waals surface area contributed by atoms with Crippen LogP contribution in [0.25, 0.3) is 0 Å². The van der Waals surface area contributed by atoms with E-state index >= 15 is 0 Å². The number of hydrogen-bond donors (Lipinski definition) is 5. The van der Waals surface area contributed by atoms with Crippen molar-refractivity contribution in [2.75, 3.05) is 0 Å². The lowest BCUT2D eigenvalue weighted by molar-refractivity contribution is 0.0690. The predicted molar refractivity (Wildman–Crippen MR) is 126 cm³/mol. The highest BCUT2D eigenvalue weighted by Gasteiger charge is 2.15. The van der Waals surface area contributed by atoms with Crippen LogP contribution in [0.4, 0.5) is 0 Å². The molecular weight excluding hydrogens is 434 g/mol. The van der Waals surface area contributed by atoms with Crippen molar-refractivity contribution in [2.24, 2.45) is 11.5 Å². The zero-order valence-corrected chi connectivity index (χ0v) is 18.7. The zero-order chi connectivity index (χ0) is 24.5. The van der Waals surface area contributed by atoms with Crippen molar-refractivity contribution in [3.05, 3.63) is 101 Å². The number of aromatic carboxylic acids is 1. The Kier molecular flexibility index (Phi) is 8.38. The number of aromatic nitrogens is 5. The third-order valence-corrected chi connectivity index (χ3v) is 4.94. The van der Waals surface area contributed by atoms with E-state index in [1.807, 2.05) is 60.7 Å². The summed E-state index contributed by atoms with van der Waals surface area (Å²) in [5, 5.41) is 15.3. The Labute approximate surface area is 196 Å².